The molecule has 0 aliphatic carbocycles. The number of aryl methyl sites for hydroxylation is 5. The molecule has 6 rings (SSSR count). The minimum Gasteiger partial charge on any atom is -0.494 e. The number of carbonyl (C=O) groups excluding carboxylic acids is 7. The zero-order valence-electron chi connectivity index (χ0n) is 62.9. The maximum absolute atomic E-state index is 14.5. The van der Waals surface area contributed by atoms with Gasteiger partial charge in [0.1, 0.15) is 30.1 Å². The van der Waals surface area contributed by atoms with Crippen molar-refractivity contribution in [1.29, 1.82) is 0 Å². The summed E-state index contributed by atoms with van der Waals surface area (Å²) in [5, 5.41) is 41.7. The number of likely N-dealkylation sites (N-methyl/N-ethyl adjacent to an activating group) is 1. The number of imidazole rings is 1. The molecule has 3 heterocycles. The molecule has 34 nitrogen and oxygen atoms in total. The lowest BCUT2D eigenvalue weighted by molar-refractivity contribution is -0.613. The highest BCUT2D eigenvalue weighted by molar-refractivity contribution is 7.89. The van der Waals surface area contributed by atoms with Gasteiger partial charge in [0.05, 0.1) is 36.7 Å². The number of anilines is 1. The zero-order valence-corrected chi connectivity index (χ0v) is 63.7. The largest absolute Gasteiger partial charge is 0.494 e. The molecule has 0 spiro atoms. The fourth-order valence-corrected chi connectivity index (χ4v) is 13.9. The number of fused-ring (bicyclic) bond motifs is 1. The number of benzene rings is 3. The van der Waals surface area contributed by atoms with Gasteiger partial charge in [0, 0.05) is 165 Å². The number of nitroso groups, excluding NO2 is 1. The third-order valence-corrected chi connectivity index (χ3v) is 19.7. The van der Waals surface area contributed by atoms with Crippen LogP contribution >= 0.6 is 0 Å². The molecule has 1 fully saturated rings. The smallest absolute Gasteiger partial charge is 0.323 e. The summed E-state index contributed by atoms with van der Waals surface area (Å²) in [6, 6.07) is 9.75. The Morgan fingerprint density at radius 2 is 1.33 bits per heavy atom. The second kappa shape index (κ2) is 43.9. The number of carbonyl (C=O) groups is 9. The van der Waals surface area contributed by atoms with Crippen molar-refractivity contribution in [3.05, 3.63) is 128 Å². The van der Waals surface area contributed by atoms with Gasteiger partial charge in [0.2, 0.25) is 45.0 Å². The number of nitrogens with one attached hydrogen (secondary N) is 10. The highest BCUT2D eigenvalue weighted by atomic mass is 32.2. The summed E-state index contributed by atoms with van der Waals surface area (Å²) in [6.07, 6.45) is 3.33. The normalized spacial score (nSPS) is 14.7. The topological polar surface area (TPSA) is 439 Å². The number of ether oxygens (including phenoxy) is 2. The number of sulfonamides is 1. The molecule has 590 valence electrons. The van der Waals surface area contributed by atoms with Crippen molar-refractivity contribution in [2.24, 2.45) is 7.05 Å². The molecule has 0 bridgehead atoms. The first-order valence-corrected chi connectivity index (χ1v) is 37.7. The summed E-state index contributed by atoms with van der Waals surface area (Å²) in [6.45, 7) is 15.6. The average Bonchev–Trinajstić information content (AvgIpc) is 0.859. The molecule has 1 aliphatic heterocycles. The lowest BCUT2D eigenvalue weighted by Gasteiger charge is -2.32. The van der Waals surface area contributed by atoms with E-state index in [1.165, 1.54) is 32.2 Å². The molecule has 35 heteroatoms. The van der Waals surface area contributed by atoms with Crippen molar-refractivity contribution in [2.75, 3.05) is 117 Å². The van der Waals surface area contributed by atoms with Gasteiger partial charge in [-0.25, -0.2) is 13.4 Å². The van der Waals surface area contributed by atoms with Crippen LogP contribution in [0.2, 0.25) is 0 Å². The molecule has 7 amide bonds. The summed E-state index contributed by atoms with van der Waals surface area (Å²) in [7, 11) is 3.33. The summed E-state index contributed by atoms with van der Waals surface area (Å²) >= 11 is 0. The van der Waals surface area contributed by atoms with E-state index in [2.05, 4.69) is 62.1 Å². The molecule has 3 aromatic carbocycles. The summed E-state index contributed by atoms with van der Waals surface area (Å²) in [4.78, 5) is 160. The number of carboxylic acid groups (broad SMARTS) is 2. The van der Waals surface area contributed by atoms with E-state index in [9.17, 15) is 71.5 Å². The number of rotatable bonds is 42. The van der Waals surface area contributed by atoms with E-state index >= 15 is 0 Å². The van der Waals surface area contributed by atoms with Gasteiger partial charge in [-0.05, 0) is 111 Å². The minimum atomic E-state index is -4.54. The summed E-state index contributed by atoms with van der Waals surface area (Å²) in [5.41, 5.74) is 3.56. The third-order valence-electron chi connectivity index (χ3n) is 18.0. The molecule has 1 aliphatic rings. The summed E-state index contributed by atoms with van der Waals surface area (Å²) in [5.74, 6) is -5.41. The predicted molar refractivity (Wildman–Crippen MR) is 401 cm³/mol. The van der Waals surface area contributed by atoms with E-state index in [0.29, 0.717) is 87.2 Å². The molecule has 0 saturated carbocycles. The monoisotopic (exact) mass is 1520 g/mol. The SMILES string of the molecule is [CH]N1CCN(CC)CCN(CC(=O)N[C@@H](CCC(=O)NC(CC)C(=O)NCCNC(=O)CCCOc2cc(C)cc(C)c2)[N+](=O)C(CC)C(=O)NCCCC(=O)NCOCc2cc(C)c(S(=O)(=O)NC(CNC(=O)c3cn(C)c4cc(CNc5ncc[nH]5)ccc4c3=O)C(=O)O)c(C)c2)CCN(CC(=O)O)CC1. The van der Waals surface area contributed by atoms with Gasteiger partial charge in [-0.1, -0.05) is 45.0 Å². The van der Waals surface area contributed by atoms with Crippen LogP contribution in [0.1, 0.15) is 116 Å². The zero-order chi connectivity index (χ0) is 79.0. The Morgan fingerprint density at radius 1 is 0.694 bits per heavy atom. The number of nitrogens with zero attached hydrogens (tertiary/aromatic N) is 7. The standard InChI is InChI=1S/C73H105N17O17S/c1-10-57(70(99)76-23-22-74-62(91)16-14-34-107-54-36-48(4)35-49(5)37-54)82-64(93)20-19-61(83-65(94)44-88-31-30-87(12-3)28-26-85(8)27-29-89(33-32-88)45-66(95)96)90(103)59(11-2)71(100)75-21-13-15-63(92)81-47-106-46-53-38-50(6)68(51(7)39-53)108(104,105)84-58(72(101)102)42-79-69(98)56-43-86(9)60-40-52(17-18-55(60)67(56)97)41-80-73-77-24-25-78-73/h8,17-18,24-25,35-40,43,57-59,61,84H,10-16,19-23,26-34,41-42,44-47H2,1-7,9H3,(H10-,74,75,76,77,78,79,80,81,82,83,91,92,93,94,95,96,98,99,100,101,102)/p+1/t57?,58?,59?,61-/m1/s1. The third kappa shape index (κ3) is 28.7. The number of amides is 7. The number of aromatic nitrogens is 3. The van der Waals surface area contributed by atoms with Crippen molar-refractivity contribution in [3.8, 4) is 5.75 Å². The Labute approximate surface area is 629 Å². The van der Waals surface area contributed by atoms with Crippen LogP contribution < -0.4 is 57.4 Å². The lowest BCUT2D eigenvalue weighted by atomic mass is 10.1. The van der Waals surface area contributed by atoms with E-state index in [0.717, 1.165) is 22.4 Å². The van der Waals surface area contributed by atoms with Gasteiger partial charge in [-0.3, -0.25) is 68.0 Å². The van der Waals surface area contributed by atoms with E-state index in [4.69, 9.17) is 16.5 Å². The Kier molecular flexibility index (Phi) is 35.4. The number of aliphatic carboxylic acids is 2. The highest BCUT2D eigenvalue weighted by Gasteiger charge is 2.40. The fourth-order valence-electron chi connectivity index (χ4n) is 12.3. The van der Waals surface area contributed by atoms with Gasteiger partial charge in [0.25, 0.3) is 24.0 Å². The Bertz CT molecular complexity index is 4040. The molecule has 4 atom stereocenters. The molecule has 5 aromatic rings. The predicted octanol–water partition coefficient (Wildman–Crippen LogP) is 1.52. The maximum Gasteiger partial charge on any atom is 0.323 e. The van der Waals surface area contributed by atoms with Gasteiger partial charge in [-0.15, -0.1) is 0 Å². The van der Waals surface area contributed by atoms with Crippen LogP contribution in [0.15, 0.2) is 76.8 Å². The number of aromatic amines is 1. The van der Waals surface area contributed by atoms with Crippen LogP contribution in [0, 0.1) is 39.6 Å². The molecule has 2 aromatic heterocycles. The molecule has 12 N–H and O–H groups in total. The Balaban J connectivity index is 0.987. The van der Waals surface area contributed by atoms with Crippen LogP contribution in [-0.2, 0) is 73.3 Å². The molecule has 2 radical (unpaired) electrons. The number of hydrogen-bond acceptors (Lipinski definition) is 21. The Morgan fingerprint density at radius 3 is 1.98 bits per heavy atom. The van der Waals surface area contributed by atoms with Crippen molar-refractivity contribution in [3.63, 3.8) is 0 Å². The van der Waals surface area contributed by atoms with E-state index < -0.39 is 93.7 Å². The van der Waals surface area contributed by atoms with E-state index in [1.54, 1.807) is 65.9 Å². The van der Waals surface area contributed by atoms with Crippen molar-refractivity contribution < 1.29 is 76.0 Å². The second-order valence-corrected chi connectivity index (χ2v) is 28.3. The maximum atomic E-state index is 14.5. The van der Waals surface area contributed by atoms with Crippen LogP contribution in [0.3, 0.4) is 0 Å². The van der Waals surface area contributed by atoms with E-state index in [-0.39, 0.29) is 137 Å². The number of carboxylic acids is 2. The van der Waals surface area contributed by atoms with Crippen molar-refractivity contribution >= 4 is 80.2 Å². The van der Waals surface area contributed by atoms with Crippen LogP contribution in [0.25, 0.3) is 10.9 Å². The second-order valence-electron chi connectivity index (χ2n) is 26.7. The first-order valence-electron chi connectivity index (χ1n) is 36.3. The van der Waals surface area contributed by atoms with Crippen LogP contribution in [0.4, 0.5) is 5.95 Å². The Hall–Kier alpha value is -9.78. The van der Waals surface area contributed by atoms with Gasteiger partial charge >= 0.3 is 11.9 Å². The summed E-state index contributed by atoms with van der Waals surface area (Å²) < 4.78 is 43.3. The van der Waals surface area contributed by atoms with Crippen molar-refractivity contribution in [2.45, 2.75) is 142 Å². The lowest BCUT2D eigenvalue weighted by Crippen LogP contribution is -2.54. The average molecular weight is 1530 g/mol. The first kappa shape index (κ1) is 87.1. The quantitative estimate of drug-likeness (QED) is 0.0150. The highest BCUT2D eigenvalue weighted by Crippen LogP contribution is 2.24. The van der Waals surface area contributed by atoms with E-state index in [1.807, 2.05) is 43.9 Å². The molecular formula is C73H106N17O17S+. The van der Waals surface area contributed by atoms with Crippen molar-refractivity contribution in [1.82, 2.24) is 76.1 Å². The molecular weight excluding hydrogens is 1420 g/mol. The van der Waals surface area contributed by atoms with Crippen LogP contribution in [-0.4, -0.2) is 247 Å². The number of pyridine rings is 1. The molecule has 3 unspecified atom stereocenters. The molecule has 108 heavy (non-hydrogen) atoms. The van der Waals surface area contributed by atoms with Crippen LogP contribution in [0.5, 0.6) is 5.75 Å². The number of hydrogen-bond donors (Lipinski definition) is 12. The minimum absolute atomic E-state index is 0.0415. The number of H-pyrrole nitrogens is 1. The molecule has 1 saturated heterocycles. The van der Waals surface area contributed by atoms with Gasteiger partial charge < -0.3 is 71.4 Å². The van der Waals surface area contributed by atoms with Gasteiger partial charge in [-0.2, -0.15) is 4.72 Å². The first-order chi connectivity index (χ1) is 51.5. The van der Waals surface area contributed by atoms with Gasteiger partial charge in [0.15, 0.2) is 5.95 Å². The fraction of sp³-hybridized carbons (Fsp3) is 0.534.